The zero-order chi connectivity index (χ0) is 17.8. The van der Waals surface area contributed by atoms with Gasteiger partial charge in [-0.1, -0.05) is 24.0 Å². The molecule has 0 fully saturated rings. The molecule has 5 nitrogen and oxygen atoms in total. The molecule has 0 aromatic carbocycles. The highest BCUT2D eigenvalue weighted by Gasteiger charge is 2.26. The van der Waals surface area contributed by atoms with Gasteiger partial charge >= 0.3 is 0 Å². The summed E-state index contributed by atoms with van der Waals surface area (Å²) in [5, 5.41) is 0. The minimum absolute atomic E-state index is 0.382. The summed E-state index contributed by atoms with van der Waals surface area (Å²) in [6, 6.07) is 1.11. The van der Waals surface area contributed by atoms with Crippen molar-refractivity contribution in [3.8, 4) is 0 Å². The average molecular weight is 487 g/mol. The fraction of sp³-hybridized carbons (Fsp3) is 0.714. The molecule has 1 aromatic heterocycles. The maximum atomic E-state index is 12.0. The number of ether oxygens (including phenoxy) is 1. The smallest absolute Gasteiger partial charge is 0.159 e. The summed E-state index contributed by atoms with van der Waals surface area (Å²) in [7, 11) is -1.11. The number of nitrogens with zero attached hydrogens (tertiary/aromatic N) is 3. The van der Waals surface area contributed by atoms with E-state index in [4.69, 9.17) is 4.74 Å². The first-order chi connectivity index (χ1) is 10.4. The van der Waals surface area contributed by atoms with Crippen molar-refractivity contribution in [2.45, 2.75) is 57.9 Å². The molecule has 1 unspecified atom stereocenters. The Morgan fingerprint density at radius 1 is 1.35 bits per heavy atom. The van der Waals surface area contributed by atoms with Gasteiger partial charge in [0.25, 0.3) is 0 Å². The predicted molar refractivity (Wildman–Crippen MR) is 107 cm³/mol. The van der Waals surface area contributed by atoms with Crippen LogP contribution in [0.2, 0.25) is 25.7 Å². The van der Waals surface area contributed by atoms with Crippen LogP contribution in [-0.2, 0) is 22.8 Å². The molecule has 0 aliphatic heterocycles. The van der Waals surface area contributed by atoms with Crippen LogP contribution in [0.3, 0.4) is 0 Å². The second kappa shape index (κ2) is 8.62. The van der Waals surface area contributed by atoms with E-state index in [1.165, 1.54) is 0 Å². The first-order valence-electron chi connectivity index (χ1n) is 7.37. The summed E-state index contributed by atoms with van der Waals surface area (Å²) in [5.41, 5.74) is 0. The molecule has 1 atom stereocenters. The fourth-order valence-corrected chi connectivity index (χ4v) is 3.46. The van der Waals surface area contributed by atoms with Gasteiger partial charge in [0.1, 0.15) is 38.3 Å². The van der Waals surface area contributed by atoms with E-state index in [9.17, 15) is 4.55 Å². The second-order valence-electron chi connectivity index (χ2n) is 7.42. The Bertz CT molecular complexity index is 553. The second-order valence-corrected chi connectivity index (χ2v) is 16.5. The molecule has 0 amide bonds. The zero-order valence-electron chi connectivity index (χ0n) is 14.5. The van der Waals surface area contributed by atoms with Crippen LogP contribution in [0.4, 0.5) is 0 Å². The SMILES string of the molecule is CC(C)(C)[S+]([O-])/N=C/c1nc(Br)c(Br)n1COCC[Si](C)(C)C. The maximum absolute atomic E-state index is 12.0. The number of imidazole rings is 1. The van der Waals surface area contributed by atoms with E-state index in [2.05, 4.69) is 60.9 Å². The number of hydrogen-bond acceptors (Lipinski definition) is 4. The van der Waals surface area contributed by atoms with Gasteiger partial charge in [-0.2, -0.15) is 0 Å². The predicted octanol–water partition coefficient (Wildman–Crippen LogP) is 4.60. The average Bonchev–Trinajstić information content (AvgIpc) is 2.65. The molecule has 9 heteroatoms. The van der Waals surface area contributed by atoms with Gasteiger partial charge in [-0.25, -0.2) is 4.98 Å². The Labute approximate surface area is 159 Å². The topological polar surface area (TPSA) is 62.5 Å². The number of rotatable bonds is 7. The molecule has 132 valence electrons. The van der Waals surface area contributed by atoms with Gasteiger partial charge in [0, 0.05) is 14.7 Å². The lowest BCUT2D eigenvalue weighted by Gasteiger charge is -2.18. The van der Waals surface area contributed by atoms with E-state index < -0.39 is 24.2 Å². The van der Waals surface area contributed by atoms with Crippen LogP contribution in [0, 0.1) is 0 Å². The largest absolute Gasteiger partial charge is 0.591 e. The Morgan fingerprint density at radius 3 is 2.48 bits per heavy atom. The summed E-state index contributed by atoms with van der Waals surface area (Å²) in [6.45, 7) is 13.7. The molecule has 23 heavy (non-hydrogen) atoms. The molecule has 0 aliphatic carbocycles. The zero-order valence-corrected chi connectivity index (χ0v) is 19.5. The van der Waals surface area contributed by atoms with Crippen molar-refractivity contribution < 1.29 is 9.29 Å². The van der Waals surface area contributed by atoms with E-state index in [0.717, 1.165) is 17.3 Å². The molecule has 1 aromatic rings. The van der Waals surface area contributed by atoms with Crippen LogP contribution in [0.5, 0.6) is 0 Å². The number of halogens is 2. The molecular weight excluding hydrogens is 462 g/mol. The fourth-order valence-electron chi connectivity index (χ4n) is 1.43. The summed E-state index contributed by atoms with van der Waals surface area (Å²) in [4.78, 5) is 4.37. The van der Waals surface area contributed by atoms with Gasteiger partial charge in [0.15, 0.2) is 5.82 Å². The molecule has 0 spiro atoms. The van der Waals surface area contributed by atoms with E-state index in [1.807, 2.05) is 25.3 Å². The minimum atomic E-state index is -1.31. The molecule has 0 radical (unpaired) electrons. The highest BCUT2D eigenvalue weighted by atomic mass is 79.9. The Balaban J connectivity index is 2.78. The number of aromatic nitrogens is 2. The monoisotopic (exact) mass is 485 g/mol. The summed E-state index contributed by atoms with van der Waals surface area (Å²) >= 11 is 5.56. The van der Waals surface area contributed by atoms with Crippen molar-refractivity contribution in [3.05, 3.63) is 15.0 Å². The van der Waals surface area contributed by atoms with Crippen LogP contribution in [0.1, 0.15) is 26.6 Å². The van der Waals surface area contributed by atoms with Gasteiger partial charge in [0.05, 0.1) is 0 Å². The van der Waals surface area contributed by atoms with Gasteiger partial charge in [-0.3, -0.25) is 4.57 Å². The molecule has 0 saturated heterocycles. The van der Waals surface area contributed by atoms with Crippen LogP contribution in [0.15, 0.2) is 13.6 Å². The van der Waals surface area contributed by atoms with Crippen molar-refractivity contribution >= 4 is 57.5 Å². The van der Waals surface area contributed by atoms with E-state index in [1.54, 1.807) is 6.21 Å². The third-order valence-corrected chi connectivity index (χ3v) is 7.84. The first-order valence-corrected chi connectivity index (χ1v) is 13.8. The molecule has 0 bridgehead atoms. The third-order valence-electron chi connectivity index (χ3n) is 2.90. The Hall–Kier alpha value is 0.327. The standard InChI is InChI=1S/C14H25Br2N3O2SSi/c1-14(2,3)22(20)17-9-11-18-12(15)13(16)19(11)10-21-7-8-23(4,5)6/h9H,7-8,10H2,1-6H3/b17-9+. The first kappa shape index (κ1) is 21.4. The van der Waals surface area contributed by atoms with E-state index in [-0.39, 0.29) is 0 Å². The highest BCUT2D eigenvalue weighted by Crippen LogP contribution is 2.24. The van der Waals surface area contributed by atoms with Crippen LogP contribution in [-0.4, -0.2) is 39.7 Å². The van der Waals surface area contributed by atoms with Crippen LogP contribution in [0.25, 0.3) is 0 Å². The van der Waals surface area contributed by atoms with Gasteiger partial charge < -0.3 is 9.29 Å². The lowest BCUT2D eigenvalue weighted by molar-refractivity contribution is 0.0854. The van der Waals surface area contributed by atoms with Crippen molar-refractivity contribution in [1.82, 2.24) is 9.55 Å². The van der Waals surface area contributed by atoms with E-state index in [0.29, 0.717) is 17.2 Å². The van der Waals surface area contributed by atoms with Gasteiger partial charge in [-0.15, -0.1) is 0 Å². The van der Waals surface area contributed by atoms with Crippen molar-refractivity contribution in [1.29, 1.82) is 0 Å². The molecule has 0 saturated carbocycles. The molecule has 1 rings (SSSR count). The van der Waals surface area contributed by atoms with Gasteiger partial charge in [-0.05, 0) is 58.7 Å². The lowest BCUT2D eigenvalue weighted by atomic mass is 10.3. The van der Waals surface area contributed by atoms with Crippen LogP contribution < -0.4 is 0 Å². The number of hydrogen-bond donors (Lipinski definition) is 0. The van der Waals surface area contributed by atoms with Crippen molar-refractivity contribution in [2.75, 3.05) is 6.61 Å². The van der Waals surface area contributed by atoms with Gasteiger partial charge in [0.2, 0.25) is 0 Å². The normalized spacial score (nSPS) is 14.7. The summed E-state index contributed by atoms with van der Waals surface area (Å²) in [5.74, 6) is 0.606. The lowest BCUT2D eigenvalue weighted by Crippen LogP contribution is -2.26. The maximum Gasteiger partial charge on any atom is 0.159 e. The Kier molecular flexibility index (Phi) is 8.01. The van der Waals surface area contributed by atoms with Crippen molar-refractivity contribution in [3.63, 3.8) is 0 Å². The summed E-state index contributed by atoms with van der Waals surface area (Å²) in [6.07, 6.45) is 1.54. The molecule has 1 heterocycles. The third kappa shape index (κ3) is 7.39. The minimum Gasteiger partial charge on any atom is -0.591 e. The highest BCUT2D eigenvalue weighted by molar-refractivity contribution is 9.13. The molecule has 0 aliphatic rings. The quantitative estimate of drug-likeness (QED) is 0.245. The molecule has 0 N–H and O–H groups in total. The van der Waals surface area contributed by atoms with Crippen LogP contribution >= 0.6 is 31.9 Å². The van der Waals surface area contributed by atoms with Crippen molar-refractivity contribution in [2.24, 2.45) is 4.40 Å². The molecular formula is C14H25Br2N3O2SSi. The summed E-state index contributed by atoms with van der Waals surface area (Å²) < 4.78 is 24.9. The Morgan fingerprint density at radius 2 is 1.96 bits per heavy atom. The van der Waals surface area contributed by atoms with E-state index >= 15 is 0 Å².